The fraction of sp³-hybridized carbons (Fsp3) is 0.294. The summed E-state index contributed by atoms with van der Waals surface area (Å²) < 4.78 is 10.9. The number of hydrogen-bond donors (Lipinski definition) is 1. The van der Waals surface area contributed by atoms with Gasteiger partial charge in [-0.05, 0) is 44.6 Å². The summed E-state index contributed by atoms with van der Waals surface area (Å²) in [6, 6.07) is 9.30. The summed E-state index contributed by atoms with van der Waals surface area (Å²) in [5, 5.41) is 8.69. The maximum atomic E-state index is 12.3. The normalized spacial score (nSPS) is 12.5. The first-order valence-corrected chi connectivity index (χ1v) is 8.44. The molecule has 0 fully saturated rings. The number of amides is 1. The zero-order valence-electron chi connectivity index (χ0n) is 13.8. The summed E-state index contributed by atoms with van der Waals surface area (Å²) in [7, 11) is 3.89. The second kappa shape index (κ2) is 7.02. The van der Waals surface area contributed by atoms with E-state index in [0.717, 1.165) is 16.4 Å². The molecule has 0 unspecified atom stereocenters. The highest BCUT2D eigenvalue weighted by Crippen LogP contribution is 2.25. The Labute approximate surface area is 144 Å². The summed E-state index contributed by atoms with van der Waals surface area (Å²) in [5.74, 6) is 2.00. The van der Waals surface area contributed by atoms with Gasteiger partial charge in [0.25, 0.3) is 5.91 Å². The highest BCUT2D eigenvalue weighted by Gasteiger charge is 2.20. The Bertz CT molecular complexity index is 805. The predicted octanol–water partition coefficient (Wildman–Crippen LogP) is 3.34. The second-order valence-electron chi connectivity index (χ2n) is 5.69. The summed E-state index contributed by atoms with van der Waals surface area (Å²) >= 11 is 1.54. The minimum atomic E-state index is -0.267. The fourth-order valence-electron chi connectivity index (χ4n) is 2.37. The Morgan fingerprint density at radius 1 is 1.38 bits per heavy atom. The topological polar surface area (TPSA) is 71.5 Å². The van der Waals surface area contributed by atoms with Crippen LogP contribution in [0.1, 0.15) is 28.1 Å². The van der Waals surface area contributed by atoms with Crippen LogP contribution < -0.4 is 5.32 Å². The second-order valence-corrected chi connectivity index (χ2v) is 6.64. The van der Waals surface area contributed by atoms with E-state index in [1.165, 1.54) is 11.3 Å². The molecular weight excluding hydrogens is 326 g/mol. The van der Waals surface area contributed by atoms with Crippen molar-refractivity contribution in [3.63, 3.8) is 0 Å². The third-order valence-corrected chi connectivity index (χ3v) is 4.56. The van der Waals surface area contributed by atoms with Gasteiger partial charge in [0, 0.05) is 12.6 Å². The van der Waals surface area contributed by atoms with Crippen LogP contribution in [0.4, 0.5) is 0 Å². The number of rotatable bonds is 6. The summed E-state index contributed by atoms with van der Waals surface area (Å²) in [5.41, 5.74) is 0.270. The van der Waals surface area contributed by atoms with Gasteiger partial charge < -0.3 is 14.3 Å². The molecule has 6 nitrogen and oxygen atoms in total. The molecule has 3 aromatic rings. The van der Waals surface area contributed by atoms with Gasteiger partial charge in [-0.15, -0.1) is 11.3 Å². The number of nitrogens with zero attached hydrogens (tertiary/aromatic N) is 2. The van der Waals surface area contributed by atoms with Gasteiger partial charge in [0.15, 0.2) is 11.5 Å². The molecule has 7 heteroatoms. The Balaban J connectivity index is 1.66. The molecule has 0 aromatic carbocycles. The van der Waals surface area contributed by atoms with Crippen LogP contribution in [0.5, 0.6) is 0 Å². The molecular formula is C17H19N3O3S. The van der Waals surface area contributed by atoms with Crippen LogP contribution in [-0.4, -0.2) is 36.6 Å². The third-order valence-electron chi connectivity index (χ3n) is 3.68. The van der Waals surface area contributed by atoms with Gasteiger partial charge in [0.2, 0.25) is 0 Å². The van der Waals surface area contributed by atoms with Crippen molar-refractivity contribution < 1.29 is 13.7 Å². The fourth-order valence-corrected chi connectivity index (χ4v) is 3.04. The van der Waals surface area contributed by atoms with E-state index < -0.39 is 0 Å². The largest absolute Gasteiger partial charge is 0.465 e. The van der Waals surface area contributed by atoms with Gasteiger partial charge in [-0.3, -0.25) is 9.69 Å². The number of aromatic nitrogens is 1. The van der Waals surface area contributed by atoms with E-state index in [4.69, 9.17) is 8.94 Å². The molecule has 0 saturated carbocycles. The van der Waals surface area contributed by atoms with E-state index in [1.54, 1.807) is 6.07 Å². The van der Waals surface area contributed by atoms with Crippen molar-refractivity contribution in [3.8, 4) is 10.6 Å². The Hall–Kier alpha value is -2.38. The predicted molar refractivity (Wildman–Crippen MR) is 92.0 cm³/mol. The first-order valence-electron chi connectivity index (χ1n) is 7.56. The lowest BCUT2D eigenvalue weighted by atomic mass is 10.2. The molecule has 0 aliphatic heterocycles. The summed E-state index contributed by atoms with van der Waals surface area (Å²) in [6.45, 7) is 2.32. The average molecular weight is 345 g/mol. The van der Waals surface area contributed by atoms with Gasteiger partial charge >= 0.3 is 0 Å². The number of furan rings is 1. The standard InChI is InChI=1S/C17H19N3O3S/c1-11-6-7-14(22-11)13(20(2)3)10-18-17(21)12-9-15(23-19-12)16-5-4-8-24-16/h4-9,13H,10H2,1-3H3,(H,18,21)/t13-/m1/s1. The third kappa shape index (κ3) is 3.58. The molecule has 3 aromatic heterocycles. The number of thiophene rings is 1. The number of carbonyl (C=O) groups excluding carboxylic acids is 1. The van der Waals surface area contributed by atoms with Crippen molar-refractivity contribution in [2.75, 3.05) is 20.6 Å². The van der Waals surface area contributed by atoms with E-state index in [2.05, 4.69) is 10.5 Å². The van der Waals surface area contributed by atoms with E-state index in [0.29, 0.717) is 12.3 Å². The molecule has 3 rings (SSSR count). The monoisotopic (exact) mass is 345 g/mol. The van der Waals surface area contributed by atoms with Crippen LogP contribution in [0, 0.1) is 6.92 Å². The van der Waals surface area contributed by atoms with Crippen molar-refractivity contribution in [1.29, 1.82) is 0 Å². The molecule has 1 amide bonds. The van der Waals surface area contributed by atoms with Crippen molar-refractivity contribution in [1.82, 2.24) is 15.4 Å². The Kier molecular flexibility index (Phi) is 4.82. The SMILES string of the molecule is Cc1ccc([C@@H](CNC(=O)c2cc(-c3cccs3)on2)N(C)C)o1. The van der Waals surface area contributed by atoms with E-state index in [1.807, 2.05) is 55.6 Å². The molecule has 3 heterocycles. The molecule has 126 valence electrons. The van der Waals surface area contributed by atoms with E-state index in [-0.39, 0.29) is 17.6 Å². The number of likely N-dealkylation sites (N-methyl/N-ethyl adjacent to an activating group) is 1. The maximum Gasteiger partial charge on any atom is 0.273 e. The zero-order valence-corrected chi connectivity index (χ0v) is 14.6. The summed E-state index contributed by atoms with van der Waals surface area (Å²) in [6.07, 6.45) is 0. The molecule has 0 aliphatic carbocycles. The maximum absolute atomic E-state index is 12.3. The Morgan fingerprint density at radius 3 is 2.83 bits per heavy atom. The highest BCUT2D eigenvalue weighted by atomic mass is 32.1. The van der Waals surface area contributed by atoms with Crippen LogP contribution in [0.15, 0.2) is 44.7 Å². The molecule has 0 saturated heterocycles. The van der Waals surface area contributed by atoms with Crippen LogP contribution in [0.2, 0.25) is 0 Å². The average Bonchev–Trinajstić information content (AvgIpc) is 3.28. The van der Waals surface area contributed by atoms with Gasteiger partial charge in [-0.25, -0.2) is 0 Å². The molecule has 1 atom stereocenters. The number of carbonyl (C=O) groups is 1. The lowest BCUT2D eigenvalue weighted by Gasteiger charge is -2.22. The van der Waals surface area contributed by atoms with Crippen LogP contribution in [0.3, 0.4) is 0 Å². The lowest BCUT2D eigenvalue weighted by molar-refractivity contribution is 0.0930. The van der Waals surface area contributed by atoms with Crippen LogP contribution >= 0.6 is 11.3 Å². The minimum Gasteiger partial charge on any atom is -0.465 e. The molecule has 0 aliphatic rings. The van der Waals surface area contributed by atoms with Crippen molar-refractivity contribution in [2.24, 2.45) is 0 Å². The number of aryl methyl sites for hydroxylation is 1. The van der Waals surface area contributed by atoms with E-state index in [9.17, 15) is 4.79 Å². The highest BCUT2D eigenvalue weighted by molar-refractivity contribution is 7.13. The van der Waals surface area contributed by atoms with Gasteiger partial charge in [0.05, 0.1) is 10.9 Å². The smallest absolute Gasteiger partial charge is 0.273 e. The van der Waals surface area contributed by atoms with Crippen LogP contribution in [0.25, 0.3) is 10.6 Å². The lowest BCUT2D eigenvalue weighted by Crippen LogP contribution is -2.34. The van der Waals surface area contributed by atoms with Gasteiger partial charge in [-0.1, -0.05) is 11.2 Å². The molecule has 0 radical (unpaired) electrons. The molecule has 1 N–H and O–H groups in total. The Morgan fingerprint density at radius 2 is 2.21 bits per heavy atom. The first-order chi connectivity index (χ1) is 11.5. The first kappa shape index (κ1) is 16.5. The minimum absolute atomic E-state index is 0.0497. The number of hydrogen-bond acceptors (Lipinski definition) is 6. The van der Waals surface area contributed by atoms with Crippen molar-refractivity contribution in [2.45, 2.75) is 13.0 Å². The molecule has 24 heavy (non-hydrogen) atoms. The van der Waals surface area contributed by atoms with Crippen LogP contribution in [-0.2, 0) is 0 Å². The van der Waals surface area contributed by atoms with Crippen molar-refractivity contribution >= 4 is 17.2 Å². The van der Waals surface area contributed by atoms with Gasteiger partial charge in [0.1, 0.15) is 11.5 Å². The molecule has 0 bridgehead atoms. The quantitative estimate of drug-likeness (QED) is 0.742. The van der Waals surface area contributed by atoms with Crippen molar-refractivity contribution in [3.05, 3.63) is 52.9 Å². The molecule has 0 spiro atoms. The van der Waals surface area contributed by atoms with E-state index >= 15 is 0 Å². The summed E-state index contributed by atoms with van der Waals surface area (Å²) in [4.78, 5) is 15.3. The zero-order chi connectivity index (χ0) is 17.1. The van der Waals surface area contributed by atoms with Gasteiger partial charge in [-0.2, -0.15) is 0 Å². The number of nitrogens with one attached hydrogen (secondary N) is 1.